The molecule has 2 aromatic carbocycles. The Morgan fingerprint density at radius 1 is 1.04 bits per heavy atom. The Bertz CT molecular complexity index is 939. The summed E-state index contributed by atoms with van der Waals surface area (Å²) in [5.74, 6) is 0.936. The van der Waals surface area contributed by atoms with Crippen LogP contribution in [-0.2, 0) is 10.0 Å². The molecule has 0 unspecified atom stereocenters. The second-order valence-electron chi connectivity index (χ2n) is 7.25. The summed E-state index contributed by atoms with van der Waals surface area (Å²) in [5, 5.41) is 10.8. The molecule has 0 aromatic heterocycles. The number of fused-ring (bicyclic) bond motifs is 1. The van der Waals surface area contributed by atoms with Gasteiger partial charge in [0, 0.05) is 25.2 Å². The lowest BCUT2D eigenvalue weighted by molar-refractivity contribution is -0.384. The summed E-state index contributed by atoms with van der Waals surface area (Å²) in [6, 6.07) is 13.6. The second kappa shape index (κ2) is 6.17. The number of hydrogen-bond donors (Lipinski definition) is 0. The van der Waals surface area contributed by atoms with Gasteiger partial charge in [-0.3, -0.25) is 10.1 Å². The topological polar surface area (TPSA) is 80.5 Å². The summed E-state index contributed by atoms with van der Waals surface area (Å²) >= 11 is 0. The first kappa shape index (κ1) is 17.2. The smallest absolute Gasteiger partial charge is 0.258 e. The third-order valence-electron chi connectivity index (χ3n) is 5.72. The predicted molar refractivity (Wildman–Crippen MR) is 97.4 cm³/mol. The molecule has 1 aliphatic carbocycles. The molecule has 136 valence electrons. The van der Waals surface area contributed by atoms with Crippen molar-refractivity contribution >= 4 is 15.7 Å². The third-order valence-corrected chi connectivity index (χ3v) is 7.57. The van der Waals surface area contributed by atoms with E-state index in [0.717, 1.165) is 17.5 Å². The molecule has 7 heteroatoms. The molecular formula is C19H20N2O4S. The molecule has 2 aliphatic rings. The fourth-order valence-corrected chi connectivity index (χ4v) is 5.68. The van der Waals surface area contributed by atoms with Crippen LogP contribution >= 0.6 is 0 Å². The van der Waals surface area contributed by atoms with Gasteiger partial charge in [-0.2, -0.15) is 4.31 Å². The van der Waals surface area contributed by atoms with Gasteiger partial charge in [0.15, 0.2) is 0 Å². The Hall–Kier alpha value is -2.25. The highest BCUT2D eigenvalue weighted by Crippen LogP contribution is 2.52. The maximum atomic E-state index is 12.9. The van der Waals surface area contributed by atoms with Gasteiger partial charge in [0.25, 0.3) is 5.69 Å². The van der Waals surface area contributed by atoms with E-state index in [1.54, 1.807) is 28.6 Å². The monoisotopic (exact) mass is 372 g/mol. The normalized spacial score (nSPS) is 25.5. The number of nitro groups is 1. The van der Waals surface area contributed by atoms with Crippen LogP contribution in [0.15, 0.2) is 53.4 Å². The van der Waals surface area contributed by atoms with Crippen LogP contribution in [0.3, 0.4) is 0 Å². The number of sulfonamides is 1. The van der Waals surface area contributed by atoms with Gasteiger partial charge in [-0.1, -0.05) is 29.8 Å². The van der Waals surface area contributed by atoms with E-state index in [0.29, 0.717) is 23.9 Å². The standard InChI is InChI=1S/C19H20N2O4S/c1-13-2-8-17(9-3-13)26(24,25)20-11-15-10-18(19(15)12-20)14-4-6-16(7-5-14)21(22)23/h2-9,15,18-19H,10-12H2,1H3/t15-,18-,19+/m0/s1. The van der Waals surface area contributed by atoms with E-state index in [4.69, 9.17) is 0 Å². The van der Waals surface area contributed by atoms with Crippen LogP contribution in [0.2, 0.25) is 0 Å². The van der Waals surface area contributed by atoms with Crippen LogP contribution in [0.5, 0.6) is 0 Å². The molecule has 3 atom stereocenters. The van der Waals surface area contributed by atoms with Crippen LogP contribution < -0.4 is 0 Å². The number of benzene rings is 2. The zero-order chi connectivity index (χ0) is 18.5. The summed E-state index contributed by atoms with van der Waals surface area (Å²) < 4.78 is 27.4. The molecule has 6 nitrogen and oxygen atoms in total. The van der Waals surface area contributed by atoms with Crippen LogP contribution in [0.4, 0.5) is 5.69 Å². The van der Waals surface area contributed by atoms with Crippen molar-refractivity contribution in [2.24, 2.45) is 11.8 Å². The molecule has 2 fully saturated rings. The van der Waals surface area contributed by atoms with E-state index >= 15 is 0 Å². The highest BCUT2D eigenvalue weighted by Gasteiger charge is 2.50. The van der Waals surface area contributed by atoms with Crippen LogP contribution in [-0.4, -0.2) is 30.7 Å². The fourth-order valence-electron chi connectivity index (χ4n) is 4.15. The van der Waals surface area contributed by atoms with Crippen molar-refractivity contribution in [3.8, 4) is 0 Å². The molecule has 2 aromatic rings. The Labute approximate surface area is 152 Å². The summed E-state index contributed by atoms with van der Waals surface area (Å²) in [5.41, 5.74) is 2.18. The molecule has 0 bridgehead atoms. The molecule has 0 amide bonds. The van der Waals surface area contributed by atoms with E-state index in [1.165, 1.54) is 12.1 Å². The average Bonchev–Trinajstić information content (AvgIpc) is 2.93. The summed E-state index contributed by atoms with van der Waals surface area (Å²) in [4.78, 5) is 10.7. The zero-order valence-electron chi connectivity index (χ0n) is 14.4. The number of hydrogen-bond acceptors (Lipinski definition) is 4. The lowest BCUT2D eigenvalue weighted by atomic mass is 9.64. The van der Waals surface area contributed by atoms with E-state index in [1.807, 2.05) is 19.1 Å². The molecule has 1 saturated carbocycles. The maximum Gasteiger partial charge on any atom is 0.269 e. The van der Waals surface area contributed by atoms with E-state index in [-0.39, 0.29) is 17.5 Å². The minimum atomic E-state index is -3.46. The van der Waals surface area contributed by atoms with E-state index in [9.17, 15) is 18.5 Å². The minimum absolute atomic E-state index is 0.0830. The van der Waals surface area contributed by atoms with Crippen LogP contribution in [0.1, 0.15) is 23.5 Å². The molecule has 1 aliphatic heterocycles. The predicted octanol–water partition coefficient (Wildman–Crippen LogP) is 3.33. The van der Waals surface area contributed by atoms with Crippen molar-refractivity contribution in [3.05, 3.63) is 69.8 Å². The van der Waals surface area contributed by atoms with Crippen molar-refractivity contribution in [2.45, 2.75) is 24.2 Å². The van der Waals surface area contributed by atoms with Gasteiger partial charge in [-0.15, -0.1) is 0 Å². The minimum Gasteiger partial charge on any atom is -0.258 e. The molecule has 4 rings (SSSR count). The molecule has 1 heterocycles. The fraction of sp³-hybridized carbons (Fsp3) is 0.368. The number of aryl methyl sites for hydroxylation is 1. The number of nitro benzene ring substituents is 1. The maximum absolute atomic E-state index is 12.9. The summed E-state index contributed by atoms with van der Waals surface area (Å²) in [6.45, 7) is 3.01. The third kappa shape index (κ3) is 2.81. The number of nitrogens with zero attached hydrogens (tertiary/aromatic N) is 2. The Kier molecular flexibility index (Phi) is 4.08. The molecule has 0 N–H and O–H groups in total. The lowest BCUT2D eigenvalue weighted by Gasteiger charge is -2.39. The van der Waals surface area contributed by atoms with Gasteiger partial charge in [-0.05, 0) is 48.8 Å². The zero-order valence-corrected chi connectivity index (χ0v) is 15.2. The lowest BCUT2D eigenvalue weighted by Crippen LogP contribution is -2.33. The van der Waals surface area contributed by atoms with Crippen molar-refractivity contribution in [3.63, 3.8) is 0 Å². The van der Waals surface area contributed by atoms with Crippen molar-refractivity contribution in [1.82, 2.24) is 4.31 Å². The van der Waals surface area contributed by atoms with Gasteiger partial charge in [-0.25, -0.2) is 8.42 Å². The van der Waals surface area contributed by atoms with Gasteiger partial charge in [0.2, 0.25) is 10.0 Å². The molecular weight excluding hydrogens is 352 g/mol. The molecule has 26 heavy (non-hydrogen) atoms. The number of rotatable bonds is 4. The highest BCUT2D eigenvalue weighted by molar-refractivity contribution is 7.89. The molecule has 0 radical (unpaired) electrons. The van der Waals surface area contributed by atoms with Crippen molar-refractivity contribution in [2.75, 3.05) is 13.1 Å². The summed E-state index contributed by atoms with van der Waals surface area (Å²) in [6.07, 6.45) is 0.933. The Morgan fingerprint density at radius 2 is 1.69 bits per heavy atom. The van der Waals surface area contributed by atoms with Crippen LogP contribution in [0, 0.1) is 28.9 Å². The molecule has 0 spiro atoms. The van der Waals surface area contributed by atoms with Crippen LogP contribution in [0.25, 0.3) is 0 Å². The Morgan fingerprint density at radius 3 is 2.31 bits per heavy atom. The van der Waals surface area contributed by atoms with E-state index < -0.39 is 14.9 Å². The first-order chi connectivity index (χ1) is 12.4. The molecule has 1 saturated heterocycles. The SMILES string of the molecule is Cc1ccc(S(=O)(=O)N2C[C@@H]3C[C@@H](c4ccc([N+](=O)[O-])cc4)[C@@H]3C2)cc1. The first-order valence-corrected chi connectivity index (χ1v) is 10.1. The highest BCUT2D eigenvalue weighted by atomic mass is 32.2. The van der Waals surface area contributed by atoms with Gasteiger partial charge in [0.05, 0.1) is 9.82 Å². The second-order valence-corrected chi connectivity index (χ2v) is 9.19. The first-order valence-electron chi connectivity index (χ1n) is 8.67. The summed E-state index contributed by atoms with van der Waals surface area (Å²) in [7, 11) is -3.46. The van der Waals surface area contributed by atoms with Crippen molar-refractivity contribution in [1.29, 1.82) is 0 Å². The van der Waals surface area contributed by atoms with Gasteiger partial charge in [0.1, 0.15) is 0 Å². The average molecular weight is 372 g/mol. The quantitative estimate of drug-likeness (QED) is 0.609. The van der Waals surface area contributed by atoms with Gasteiger partial charge < -0.3 is 0 Å². The van der Waals surface area contributed by atoms with Gasteiger partial charge >= 0.3 is 0 Å². The number of non-ortho nitro benzene ring substituents is 1. The van der Waals surface area contributed by atoms with Crippen molar-refractivity contribution < 1.29 is 13.3 Å². The van der Waals surface area contributed by atoms with E-state index in [2.05, 4.69) is 0 Å². The largest absolute Gasteiger partial charge is 0.269 e. The Balaban J connectivity index is 1.50.